The average molecular weight is 705 g/mol. The summed E-state index contributed by atoms with van der Waals surface area (Å²) in [5.74, 6) is 0. The first-order valence-corrected chi connectivity index (χ1v) is 18.5. The standard InChI is InChI=1S/C53H40N2/c1-54-52(44-27-15-25-42(29-44)50-33-46(38-17-7-3-8-18-38)31-47(34-50)39-19-9-4-10-20-39)37-53(55-2)45-28-16-26-43(30-45)51-35-48(40-21-11-5-12-22-40)32-49(36-51)41-23-13-6-14-24-41/h3-37H,1H2,2H3/b52-37-,55-53?. The number of allylic oxidation sites excluding steroid dienone is 1. The van der Waals surface area contributed by atoms with Crippen LogP contribution in [0.3, 0.4) is 0 Å². The third kappa shape index (κ3) is 7.95. The topological polar surface area (TPSA) is 24.7 Å². The monoisotopic (exact) mass is 704 g/mol. The lowest BCUT2D eigenvalue weighted by Crippen LogP contribution is -1.99. The van der Waals surface area contributed by atoms with Gasteiger partial charge in [0.15, 0.2) is 0 Å². The minimum absolute atomic E-state index is 0.757. The minimum atomic E-state index is 0.757. The zero-order valence-corrected chi connectivity index (χ0v) is 30.8. The molecule has 0 N–H and O–H groups in total. The van der Waals surface area contributed by atoms with E-state index in [9.17, 15) is 0 Å². The maximum Gasteiger partial charge on any atom is 0.0716 e. The number of rotatable bonds is 10. The van der Waals surface area contributed by atoms with Crippen LogP contribution in [-0.4, -0.2) is 19.5 Å². The summed E-state index contributed by atoms with van der Waals surface area (Å²) < 4.78 is 0. The van der Waals surface area contributed by atoms with Gasteiger partial charge in [-0.25, -0.2) is 0 Å². The van der Waals surface area contributed by atoms with Crippen LogP contribution in [0.15, 0.2) is 222 Å². The minimum Gasteiger partial charge on any atom is -0.288 e. The van der Waals surface area contributed by atoms with Crippen molar-refractivity contribution in [3.63, 3.8) is 0 Å². The van der Waals surface area contributed by atoms with Gasteiger partial charge in [0.1, 0.15) is 0 Å². The highest BCUT2D eigenvalue weighted by molar-refractivity contribution is 6.13. The van der Waals surface area contributed by atoms with E-state index in [1.165, 1.54) is 44.5 Å². The van der Waals surface area contributed by atoms with Gasteiger partial charge in [0.2, 0.25) is 0 Å². The van der Waals surface area contributed by atoms with Gasteiger partial charge in [-0.2, -0.15) is 0 Å². The maximum absolute atomic E-state index is 4.76. The molecule has 55 heavy (non-hydrogen) atoms. The Morgan fingerprint density at radius 2 is 0.655 bits per heavy atom. The van der Waals surface area contributed by atoms with Crippen molar-refractivity contribution >= 4 is 18.1 Å². The number of nitrogens with zero attached hydrogens (tertiary/aromatic N) is 2. The molecular weight excluding hydrogens is 665 g/mol. The molecule has 262 valence electrons. The molecule has 0 saturated heterocycles. The van der Waals surface area contributed by atoms with Gasteiger partial charge in [-0.1, -0.05) is 158 Å². The average Bonchev–Trinajstić information content (AvgIpc) is 3.28. The van der Waals surface area contributed by atoms with Gasteiger partial charge in [-0.15, -0.1) is 0 Å². The van der Waals surface area contributed by atoms with Crippen LogP contribution in [0.1, 0.15) is 11.1 Å². The zero-order valence-electron chi connectivity index (χ0n) is 30.8. The Kier molecular flexibility index (Phi) is 10.3. The summed E-state index contributed by atoms with van der Waals surface area (Å²) in [5.41, 5.74) is 17.5. The smallest absolute Gasteiger partial charge is 0.0716 e. The van der Waals surface area contributed by atoms with E-state index in [1.54, 1.807) is 0 Å². The molecule has 0 aromatic heterocycles. The summed E-state index contributed by atoms with van der Waals surface area (Å²) in [4.78, 5) is 9.30. The Hall–Kier alpha value is -7.16. The number of hydrogen-bond acceptors (Lipinski definition) is 2. The molecule has 0 fully saturated rings. The normalized spacial score (nSPS) is 11.7. The van der Waals surface area contributed by atoms with Crippen LogP contribution in [0, 0.1) is 0 Å². The quantitative estimate of drug-likeness (QED) is 0.127. The van der Waals surface area contributed by atoms with Crippen molar-refractivity contribution in [3.8, 4) is 66.8 Å². The summed E-state index contributed by atoms with van der Waals surface area (Å²) in [6, 6.07) is 73.0. The SMILES string of the molecule is C=N/C(=C\C(=NC)c1cccc(-c2cc(-c3ccccc3)cc(-c3ccccc3)c2)c1)c1cccc(-c2cc(-c3ccccc3)cc(-c3ccccc3)c2)c1. The van der Waals surface area contributed by atoms with Crippen LogP contribution in [-0.2, 0) is 0 Å². The van der Waals surface area contributed by atoms with Crippen molar-refractivity contribution in [2.24, 2.45) is 9.98 Å². The van der Waals surface area contributed by atoms with Crippen LogP contribution >= 0.6 is 0 Å². The summed E-state index contributed by atoms with van der Waals surface area (Å²) >= 11 is 0. The maximum atomic E-state index is 4.76. The van der Waals surface area contributed by atoms with Gasteiger partial charge >= 0.3 is 0 Å². The van der Waals surface area contributed by atoms with E-state index >= 15 is 0 Å². The summed E-state index contributed by atoms with van der Waals surface area (Å²) in [7, 11) is 1.83. The van der Waals surface area contributed by atoms with Crippen molar-refractivity contribution in [2.75, 3.05) is 7.05 Å². The fourth-order valence-corrected chi connectivity index (χ4v) is 7.12. The van der Waals surface area contributed by atoms with E-state index in [0.29, 0.717) is 0 Å². The lowest BCUT2D eigenvalue weighted by molar-refractivity contribution is 1.43. The van der Waals surface area contributed by atoms with E-state index in [1.807, 2.05) is 13.1 Å². The predicted molar refractivity (Wildman–Crippen MR) is 235 cm³/mol. The summed E-state index contributed by atoms with van der Waals surface area (Å²) in [6.07, 6.45) is 2.04. The molecule has 8 rings (SSSR count). The van der Waals surface area contributed by atoms with Crippen LogP contribution in [0.4, 0.5) is 0 Å². The van der Waals surface area contributed by atoms with Crippen molar-refractivity contribution < 1.29 is 0 Å². The van der Waals surface area contributed by atoms with Gasteiger partial charge < -0.3 is 0 Å². The Morgan fingerprint density at radius 1 is 0.345 bits per heavy atom. The number of benzene rings is 8. The molecule has 0 aliphatic rings. The van der Waals surface area contributed by atoms with Gasteiger partial charge in [0.25, 0.3) is 0 Å². The second-order valence-corrected chi connectivity index (χ2v) is 13.5. The zero-order chi connectivity index (χ0) is 37.4. The van der Waals surface area contributed by atoms with Gasteiger partial charge in [0.05, 0.1) is 11.4 Å². The molecule has 0 spiro atoms. The molecule has 0 aliphatic heterocycles. The lowest BCUT2D eigenvalue weighted by Gasteiger charge is -2.13. The van der Waals surface area contributed by atoms with Crippen LogP contribution < -0.4 is 0 Å². The van der Waals surface area contributed by atoms with E-state index < -0.39 is 0 Å². The van der Waals surface area contributed by atoms with Crippen LogP contribution in [0.25, 0.3) is 72.5 Å². The van der Waals surface area contributed by atoms with Gasteiger partial charge in [-0.3, -0.25) is 9.98 Å². The second kappa shape index (κ2) is 16.2. The summed E-state index contributed by atoms with van der Waals surface area (Å²) in [6.45, 7) is 4.00. The van der Waals surface area contributed by atoms with E-state index in [2.05, 4.69) is 218 Å². The first-order valence-electron chi connectivity index (χ1n) is 18.5. The molecule has 0 heterocycles. The highest BCUT2D eigenvalue weighted by Crippen LogP contribution is 2.36. The van der Waals surface area contributed by atoms with Crippen molar-refractivity contribution in [3.05, 3.63) is 223 Å². The summed E-state index contributed by atoms with van der Waals surface area (Å²) in [5, 5.41) is 0. The Balaban J connectivity index is 1.16. The van der Waals surface area contributed by atoms with Crippen LogP contribution in [0.5, 0.6) is 0 Å². The Labute approximate surface area is 324 Å². The second-order valence-electron chi connectivity index (χ2n) is 13.5. The van der Waals surface area contributed by atoms with E-state index in [0.717, 1.165) is 44.8 Å². The largest absolute Gasteiger partial charge is 0.288 e. The first kappa shape index (κ1) is 34.9. The Morgan fingerprint density at radius 3 is 1.00 bits per heavy atom. The molecule has 0 saturated carbocycles. The van der Waals surface area contributed by atoms with Gasteiger partial charge in [0, 0.05) is 18.2 Å². The first-order chi connectivity index (χ1) is 27.1. The lowest BCUT2D eigenvalue weighted by atomic mass is 9.92. The van der Waals surface area contributed by atoms with Gasteiger partial charge in [-0.05, 0) is 128 Å². The van der Waals surface area contributed by atoms with Crippen molar-refractivity contribution in [1.29, 1.82) is 0 Å². The molecule has 0 bridgehead atoms. The van der Waals surface area contributed by atoms with Crippen molar-refractivity contribution in [2.45, 2.75) is 0 Å². The van der Waals surface area contributed by atoms with E-state index in [-0.39, 0.29) is 0 Å². The fraction of sp³-hybridized carbons (Fsp3) is 0.0189. The van der Waals surface area contributed by atoms with Crippen LogP contribution in [0.2, 0.25) is 0 Å². The molecule has 0 atom stereocenters. The number of hydrogen-bond donors (Lipinski definition) is 0. The molecule has 2 nitrogen and oxygen atoms in total. The molecule has 0 unspecified atom stereocenters. The third-order valence-corrected chi connectivity index (χ3v) is 9.96. The molecule has 0 aliphatic carbocycles. The van der Waals surface area contributed by atoms with Crippen molar-refractivity contribution in [1.82, 2.24) is 0 Å². The third-order valence-electron chi connectivity index (χ3n) is 9.96. The predicted octanol–water partition coefficient (Wildman–Crippen LogP) is 13.8. The molecule has 0 radical (unpaired) electrons. The Bertz CT molecular complexity index is 2520. The van der Waals surface area contributed by atoms with E-state index in [4.69, 9.17) is 4.99 Å². The highest BCUT2D eigenvalue weighted by Gasteiger charge is 2.12. The molecular formula is C53H40N2. The molecule has 0 amide bonds. The molecule has 8 aromatic rings. The highest BCUT2D eigenvalue weighted by atomic mass is 14.7. The number of aliphatic imine (C=N–C) groups is 2. The fourth-order valence-electron chi connectivity index (χ4n) is 7.12. The molecule has 2 heteroatoms. The molecule has 8 aromatic carbocycles.